The number of alkyl halides is 1. The molecule has 2 heteroatoms. The van der Waals surface area contributed by atoms with Gasteiger partial charge in [-0.05, 0) is 43.4 Å². The molecule has 0 bridgehead atoms. The Morgan fingerprint density at radius 3 is 2.00 bits per heavy atom. The van der Waals surface area contributed by atoms with E-state index in [1.54, 1.807) is 0 Å². The van der Waals surface area contributed by atoms with Gasteiger partial charge in [-0.15, -0.1) is 0 Å². The summed E-state index contributed by atoms with van der Waals surface area (Å²) in [6, 6.07) is 0. The first-order chi connectivity index (χ1) is 6.78. The first kappa shape index (κ1) is 10.9. The fourth-order valence-electron chi connectivity index (χ4n) is 2.04. The molecule has 82 valence electrons. The van der Waals surface area contributed by atoms with Gasteiger partial charge in [-0.1, -0.05) is 22.9 Å². The molecule has 0 aliphatic heterocycles. The van der Waals surface area contributed by atoms with Gasteiger partial charge in [0.1, 0.15) is 0 Å². The Morgan fingerprint density at radius 1 is 1.14 bits per heavy atom. The monoisotopic (exact) mass is 259 g/mol. The van der Waals surface area contributed by atoms with Crippen molar-refractivity contribution in [3.63, 3.8) is 0 Å². The van der Waals surface area contributed by atoms with Crippen molar-refractivity contribution in [3.8, 4) is 0 Å². The van der Waals surface area contributed by atoms with Crippen molar-refractivity contribution < 1.29 is 0 Å². The van der Waals surface area contributed by atoms with E-state index in [1.807, 2.05) is 0 Å². The Kier molecular flexibility index (Phi) is 3.89. The van der Waals surface area contributed by atoms with E-state index in [0.717, 1.165) is 23.1 Å². The quantitative estimate of drug-likeness (QED) is 0.636. The van der Waals surface area contributed by atoms with Gasteiger partial charge in [0.25, 0.3) is 0 Å². The molecular formula is C12H22BrN. The van der Waals surface area contributed by atoms with E-state index in [1.165, 1.54) is 45.3 Å². The molecule has 1 nitrogen and oxygen atoms in total. The van der Waals surface area contributed by atoms with Crippen molar-refractivity contribution in [2.45, 2.75) is 32.6 Å². The minimum atomic E-state index is 0.812. The maximum absolute atomic E-state index is 3.58. The molecule has 0 amide bonds. The molecule has 2 aliphatic rings. The van der Waals surface area contributed by atoms with Crippen LogP contribution in [0.25, 0.3) is 0 Å². The summed E-state index contributed by atoms with van der Waals surface area (Å²) < 4.78 is 0. The van der Waals surface area contributed by atoms with Crippen molar-refractivity contribution >= 4 is 15.9 Å². The lowest BCUT2D eigenvalue weighted by Crippen LogP contribution is -2.33. The van der Waals surface area contributed by atoms with E-state index in [2.05, 4.69) is 27.8 Å². The molecule has 1 unspecified atom stereocenters. The molecule has 0 saturated heterocycles. The second-order valence-electron chi connectivity index (χ2n) is 5.36. The summed E-state index contributed by atoms with van der Waals surface area (Å²) >= 11 is 3.58. The number of halogens is 1. The van der Waals surface area contributed by atoms with Gasteiger partial charge in [-0.25, -0.2) is 0 Å². The summed E-state index contributed by atoms with van der Waals surface area (Å²) in [4.78, 5) is 2.72. The van der Waals surface area contributed by atoms with Gasteiger partial charge >= 0.3 is 0 Å². The van der Waals surface area contributed by atoms with Crippen molar-refractivity contribution in [1.29, 1.82) is 0 Å². The van der Waals surface area contributed by atoms with E-state index in [9.17, 15) is 0 Å². The van der Waals surface area contributed by atoms with Gasteiger partial charge in [0.2, 0.25) is 0 Å². The van der Waals surface area contributed by atoms with Crippen LogP contribution in [0.3, 0.4) is 0 Å². The molecule has 0 radical (unpaired) electrons. The predicted octanol–water partition coefficient (Wildman–Crippen LogP) is 3.14. The van der Waals surface area contributed by atoms with Crippen LogP contribution in [0.2, 0.25) is 0 Å². The highest BCUT2D eigenvalue weighted by Crippen LogP contribution is 2.33. The van der Waals surface area contributed by atoms with E-state index < -0.39 is 0 Å². The second-order valence-corrected chi connectivity index (χ2v) is 6.01. The zero-order chi connectivity index (χ0) is 9.97. The summed E-state index contributed by atoms with van der Waals surface area (Å²) in [6.45, 7) is 6.42. The Labute approximate surface area is 96.4 Å². The van der Waals surface area contributed by atoms with Gasteiger partial charge in [0.15, 0.2) is 0 Å². The van der Waals surface area contributed by atoms with Crippen LogP contribution >= 0.6 is 15.9 Å². The molecular weight excluding hydrogens is 238 g/mol. The number of hydrogen-bond donors (Lipinski definition) is 0. The molecule has 0 aromatic rings. The smallest absolute Gasteiger partial charge is 0.00692 e. The van der Waals surface area contributed by atoms with Crippen LogP contribution in [0, 0.1) is 17.8 Å². The third kappa shape index (κ3) is 3.90. The lowest BCUT2D eigenvalue weighted by Gasteiger charge is -2.24. The maximum atomic E-state index is 3.58. The van der Waals surface area contributed by atoms with E-state index in [-0.39, 0.29) is 0 Å². The maximum Gasteiger partial charge on any atom is 0.00692 e. The van der Waals surface area contributed by atoms with Crippen LogP contribution < -0.4 is 0 Å². The summed E-state index contributed by atoms with van der Waals surface area (Å²) in [5.74, 6) is 2.92. The molecule has 1 atom stereocenters. The SMILES string of the molecule is CC(CBr)CN(CC1CC1)CC1CC1. The van der Waals surface area contributed by atoms with Crippen molar-refractivity contribution in [3.05, 3.63) is 0 Å². The molecule has 0 N–H and O–H groups in total. The molecule has 0 aromatic carbocycles. The Bertz CT molecular complexity index is 161. The minimum absolute atomic E-state index is 0.812. The summed E-state index contributed by atoms with van der Waals surface area (Å²) in [5.41, 5.74) is 0. The standard InChI is InChI=1S/C12H22BrN/c1-10(6-13)7-14(8-11-2-3-11)9-12-4-5-12/h10-12H,2-9H2,1H3. The van der Waals surface area contributed by atoms with Crippen molar-refractivity contribution in [1.82, 2.24) is 4.90 Å². The molecule has 0 heterocycles. The van der Waals surface area contributed by atoms with Crippen LogP contribution in [0.4, 0.5) is 0 Å². The molecule has 0 aromatic heterocycles. The van der Waals surface area contributed by atoms with E-state index >= 15 is 0 Å². The summed E-state index contributed by atoms with van der Waals surface area (Å²) in [5, 5.41) is 1.15. The van der Waals surface area contributed by atoms with Crippen LogP contribution in [0.1, 0.15) is 32.6 Å². The Balaban J connectivity index is 1.71. The van der Waals surface area contributed by atoms with Gasteiger partial charge < -0.3 is 4.90 Å². The van der Waals surface area contributed by atoms with E-state index in [4.69, 9.17) is 0 Å². The first-order valence-corrected chi connectivity index (χ1v) is 7.18. The summed E-state index contributed by atoms with van der Waals surface area (Å²) in [7, 11) is 0. The molecule has 2 saturated carbocycles. The zero-order valence-corrected chi connectivity index (χ0v) is 10.8. The molecule has 14 heavy (non-hydrogen) atoms. The average molecular weight is 260 g/mol. The van der Waals surface area contributed by atoms with Gasteiger partial charge in [0, 0.05) is 25.0 Å². The largest absolute Gasteiger partial charge is 0.302 e. The normalized spacial score (nSPS) is 24.2. The topological polar surface area (TPSA) is 3.24 Å². The van der Waals surface area contributed by atoms with Gasteiger partial charge in [-0.3, -0.25) is 0 Å². The second kappa shape index (κ2) is 4.98. The van der Waals surface area contributed by atoms with Crippen molar-refractivity contribution in [2.75, 3.05) is 25.0 Å². The van der Waals surface area contributed by atoms with Crippen LogP contribution in [-0.2, 0) is 0 Å². The van der Waals surface area contributed by atoms with Gasteiger partial charge in [-0.2, -0.15) is 0 Å². The summed E-state index contributed by atoms with van der Waals surface area (Å²) in [6.07, 6.45) is 5.96. The minimum Gasteiger partial charge on any atom is -0.302 e. The van der Waals surface area contributed by atoms with Crippen molar-refractivity contribution in [2.24, 2.45) is 17.8 Å². The number of rotatable bonds is 7. The van der Waals surface area contributed by atoms with E-state index in [0.29, 0.717) is 0 Å². The third-order valence-electron chi connectivity index (χ3n) is 3.26. The highest BCUT2D eigenvalue weighted by molar-refractivity contribution is 9.09. The Hall–Kier alpha value is 0.440. The number of hydrogen-bond acceptors (Lipinski definition) is 1. The number of nitrogens with zero attached hydrogens (tertiary/aromatic N) is 1. The predicted molar refractivity (Wildman–Crippen MR) is 64.8 cm³/mol. The lowest BCUT2D eigenvalue weighted by atomic mass is 10.2. The zero-order valence-electron chi connectivity index (χ0n) is 9.21. The average Bonchev–Trinajstić information content (AvgIpc) is 2.99. The Morgan fingerprint density at radius 2 is 1.64 bits per heavy atom. The molecule has 2 fully saturated rings. The molecule has 0 spiro atoms. The molecule has 2 rings (SSSR count). The highest BCUT2D eigenvalue weighted by Gasteiger charge is 2.29. The molecule has 2 aliphatic carbocycles. The fraction of sp³-hybridized carbons (Fsp3) is 1.00. The van der Waals surface area contributed by atoms with Crippen LogP contribution in [-0.4, -0.2) is 29.9 Å². The third-order valence-corrected chi connectivity index (χ3v) is 4.37. The fourth-order valence-corrected chi connectivity index (χ4v) is 2.25. The van der Waals surface area contributed by atoms with Crippen LogP contribution in [0.15, 0.2) is 0 Å². The first-order valence-electron chi connectivity index (χ1n) is 6.06. The highest BCUT2D eigenvalue weighted by atomic mass is 79.9. The van der Waals surface area contributed by atoms with Gasteiger partial charge in [0.05, 0.1) is 0 Å². The lowest BCUT2D eigenvalue weighted by molar-refractivity contribution is 0.228. The van der Waals surface area contributed by atoms with Crippen LogP contribution in [0.5, 0.6) is 0 Å².